The van der Waals surface area contributed by atoms with Crippen LogP contribution in [0.4, 0.5) is 0 Å². The zero-order chi connectivity index (χ0) is 29.0. The van der Waals surface area contributed by atoms with Gasteiger partial charge in [-0.25, -0.2) is 0 Å². The van der Waals surface area contributed by atoms with E-state index >= 15 is 0 Å². The number of hydrogen-bond acceptors (Lipinski definition) is 5. The second-order valence-electron chi connectivity index (χ2n) is 10.4. The van der Waals surface area contributed by atoms with E-state index in [9.17, 15) is 9.59 Å². The number of rotatable bonds is 10. The van der Waals surface area contributed by atoms with Gasteiger partial charge in [-0.3, -0.25) is 9.59 Å². The average molecular weight is 587 g/mol. The van der Waals surface area contributed by atoms with Crippen molar-refractivity contribution in [3.8, 4) is 23.0 Å². The molecule has 1 saturated carbocycles. The standard InChI is InChI=1S/C34H28Cl2O5/c1-34(2)28(21-29(35)36)30(34)33(38)41-32(23-12-10-18-27(20-23)40-25-15-7-4-8-16-25)31(37)22-11-9-17-26(19-22)39-24-13-5-3-6-14-24/h3-21,28,30,32H,1-2H3/t28-,30-,32?/m1/s1. The van der Waals surface area contributed by atoms with Crippen LogP contribution in [0.2, 0.25) is 0 Å². The third-order valence-corrected chi connectivity index (χ3v) is 7.43. The van der Waals surface area contributed by atoms with Crippen molar-refractivity contribution < 1.29 is 23.8 Å². The molecule has 0 radical (unpaired) electrons. The van der Waals surface area contributed by atoms with Crippen LogP contribution < -0.4 is 9.47 Å². The molecule has 4 aromatic rings. The molecule has 5 nitrogen and oxygen atoms in total. The number of Topliss-reactive ketones (excluding diaryl/α,β-unsaturated/α-hetero) is 1. The molecule has 0 spiro atoms. The highest BCUT2D eigenvalue weighted by Crippen LogP contribution is 2.60. The molecule has 0 N–H and O–H groups in total. The van der Waals surface area contributed by atoms with Crippen LogP contribution >= 0.6 is 23.2 Å². The molecule has 7 heteroatoms. The molecule has 1 fully saturated rings. The van der Waals surface area contributed by atoms with Crippen LogP contribution in [-0.4, -0.2) is 11.8 Å². The van der Waals surface area contributed by atoms with Crippen molar-refractivity contribution in [2.45, 2.75) is 20.0 Å². The number of hydrogen-bond donors (Lipinski definition) is 0. The third-order valence-electron chi connectivity index (χ3n) is 7.18. The fourth-order valence-corrected chi connectivity index (χ4v) is 5.16. The van der Waals surface area contributed by atoms with Gasteiger partial charge in [-0.05, 0) is 65.9 Å². The maximum absolute atomic E-state index is 14.0. The van der Waals surface area contributed by atoms with E-state index in [-0.39, 0.29) is 10.4 Å². The van der Waals surface area contributed by atoms with E-state index in [2.05, 4.69) is 0 Å². The number of halogens is 2. The lowest BCUT2D eigenvalue weighted by Gasteiger charge is -2.19. The molecular formula is C34H28Cl2O5. The van der Waals surface area contributed by atoms with Crippen molar-refractivity contribution in [3.05, 3.63) is 131 Å². The van der Waals surface area contributed by atoms with Crippen LogP contribution in [0.3, 0.4) is 0 Å². The summed E-state index contributed by atoms with van der Waals surface area (Å²) in [5, 5.41) is 0. The van der Waals surface area contributed by atoms with Gasteiger partial charge in [0, 0.05) is 11.1 Å². The normalized spacial score (nSPS) is 17.6. The summed E-state index contributed by atoms with van der Waals surface area (Å²) in [6.07, 6.45) is 0.422. The summed E-state index contributed by atoms with van der Waals surface area (Å²) in [5.41, 5.74) is 0.398. The SMILES string of the molecule is CC1(C)[C@H](C=C(Cl)Cl)[C@@H]1C(=O)OC(C(=O)c1cccc(Oc2ccccc2)c1)c1cccc(Oc2ccccc2)c1. The highest BCUT2D eigenvalue weighted by atomic mass is 35.5. The Morgan fingerprint density at radius 3 is 1.85 bits per heavy atom. The van der Waals surface area contributed by atoms with Gasteiger partial charge in [0.2, 0.25) is 5.78 Å². The molecule has 208 valence electrons. The minimum Gasteiger partial charge on any atom is -0.457 e. The van der Waals surface area contributed by atoms with Crippen molar-refractivity contribution in [1.82, 2.24) is 0 Å². The van der Waals surface area contributed by atoms with Gasteiger partial charge in [-0.1, -0.05) is 97.7 Å². The first-order valence-corrected chi connectivity index (χ1v) is 13.9. The van der Waals surface area contributed by atoms with Crippen molar-refractivity contribution in [2.75, 3.05) is 0 Å². The molecule has 1 unspecified atom stereocenters. The van der Waals surface area contributed by atoms with Crippen molar-refractivity contribution in [2.24, 2.45) is 17.3 Å². The van der Waals surface area contributed by atoms with E-state index in [0.29, 0.717) is 34.1 Å². The molecule has 0 amide bonds. The third kappa shape index (κ3) is 6.82. The van der Waals surface area contributed by atoms with Gasteiger partial charge in [0.15, 0.2) is 6.10 Å². The number of ketones is 1. The quantitative estimate of drug-likeness (QED) is 0.137. The first kappa shape index (κ1) is 28.5. The average Bonchev–Trinajstić information content (AvgIpc) is 3.51. The van der Waals surface area contributed by atoms with E-state index < -0.39 is 29.2 Å². The number of esters is 1. The van der Waals surface area contributed by atoms with E-state index in [1.54, 1.807) is 54.6 Å². The molecule has 3 atom stereocenters. The number of benzene rings is 4. The monoisotopic (exact) mass is 586 g/mol. The Hall–Kier alpha value is -4.06. The lowest BCUT2D eigenvalue weighted by atomic mass is 9.99. The molecule has 0 aromatic heterocycles. The molecule has 41 heavy (non-hydrogen) atoms. The van der Waals surface area contributed by atoms with E-state index in [1.165, 1.54) is 0 Å². The Morgan fingerprint density at radius 1 is 0.732 bits per heavy atom. The number of para-hydroxylation sites is 2. The predicted octanol–water partition coefficient (Wildman–Crippen LogP) is 9.33. The van der Waals surface area contributed by atoms with E-state index in [0.717, 1.165) is 0 Å². The van der Waals surface area contributed by atoms with Crippen LogP contribution in [0.25, 0.3) is 0 Å². The fraction of sp³-hybridized carbons (Fsp3) is 0.176. The second kappa shape index (κ2) is 12.2. The molecule has 0 saturated heterocycles. The summed E-state index contributed by atoms with van der Waals surface area (Å²) < 4.78 is 18.0. The molecule has 1 aliphatic carbocycles. The topological polar surface area (TPSA) is 61.8 Å². The van der Waals surface area contributed by atoms with Crippen molar-refractivity contribution in [3.63, 3.8) is 0 Å². The maximum Gasteiger partial charge on any atom is 0.311 e. The zero-order valence-corrected chi connectivity index (χ0v) is 24.0. The molecule has 0 heterocycles. The minimum absolute atomic E-state index is 0.0898. The number of carbonyl (C=O) groups is 2. The highest BCUT2D eigenvalue weighted by molar-refractivity contribution is 6.55. The number of ether oxygens (including phenoxy) is 3. The summed E-state index contributed by atoms with van der Waals surface area (Å²) in [5.74, 6) is 0.669. The summed E-state index contributed by atoms with van der Waals surface area (Å²) in [6, 6.07) is 32.4. The lowest BCUT2D eigenvalue weighted by molar-refractivity contribution is -0.150. The van der Waals surface area contributed by atoms with Gasteiger partial charge in [0.25, 0.3) is 0 Å². The molecular weight excluding hydrogens is 559 g/mol. The zero-order valence-electron chi connectivity index (χ0n) is 22.5. The Labute approximate surface area is 249 Å². The van der Waals surface area contributed by atoms with Crippen LogP contribution in [0.1, 0.15) is 35.9 Å². The number of allylic oxidation sites excluding steroid dienone is 1. The predicted molar refractivity (Wildman–Crippen MR) is 160 cm³/mol. The number of carbonyl (C=O) groups excluding carboxylic acids is 2. The van der Waals surface area contributed by atoms with Crippen LogP contribution in [0.15, 0.2) is 120 Å². The minimum atomic E-state index is -1.22. The molecule has 0 aliphatic heterocycles. The van der Waals surface area contributed by atoms with Crippen LogP contribution in [0.5, 0.6) is 23.0 Å². The molecule has 4 aromatic carbocycles. The fourth-order valence-electron chi connectivity index (χ4n) is 4.89. The van der Waals surface area contributed by atoms with Gasteiger partial charge in [0.1, 0.15) is 27.5 Å². The lowest BCUT2D eigenvalue weighted by Crippen LogP contribution is -2.22. The highest BCUT2D eigenvalue weighted by Gasteiger charge is 2.62. The van der Waals surface area contributed by atoms with E-state index in [4.69, 9.17) is 37.4 Å². The first-order chi connectivity index (χ1) is 19.7. The Balaban J connectivity index is 1.45. The van der Waals surface area contributed by atoms with Crippen molar-refractivity contribution in [1.29, 1.82) is 0 Å². The molecule has 5 rings (SSSR count). The van der Waals surface area contributed by atoms with Gasteiger partial charge in [-0.2, -0.15) is 0 Å². The smallest absolute Gasteiger partial charge is 0.311 e. The second-order valence-corrected chi connectivity index (χ2v) is 11.4. The summed E-state index contributed by atoms with van der Waals surface area (Å²) in [6.45, 7) is 3.87. The largest absolute Gasteiger partial charge is 0.457 e. The van der Waals surface area contributed by atoms with Gasteiger partial charge >= 0.3 is 5.97 Å². The Bertz CT molecular complexity index is 1560. The summed E-state index contributed by atoms with van der Waals surface area (Å²) in [7, 11) is 0. The van der Waals surface area contributed by atoms with Crippen molar-refractivity contribution >= 4 is 35.0 Å². The molecule has 0 bridgehead atoms. The Morgan fingerprint density at radius 2 is 1.27 bits per heavy atom. The summed E-state index contributed by atoms with van der Waals surface area (Å²) >= 11 is 11.8. The van der Waals surface area contributed by atoms with Gasteiger partial charge in [-0.15, -0.1) is 0 Å². The molecule has 1 aliphatic rings. The van der Waals surface area contributed by atoms with Crippen LogP contribution in [-0.2, 0) is 9.53 Å². The Kier molecular flexibility index (Phi) is 8.48. The van der Waals surface area contributed by atoms with Gasteiger partial charge in [0.05, 0.1) is 5.92 Å². The van der Waals surface area contributed by atoms with Gasteiger partial charge < -0.3 is 14.2 Å². The van der Waals surface area contributed by atoms with Crippen LogP contribution in [0, 0.1) is 17.3 Å². The summed E-state index contributed by atoms with van der Waals surface area (Å²) in [4.78, 5) is 27.5. The van der Waals surface area contributed by atoms with E-state index in [1.807, 2.05) is 74.5 Å². The first-order valence-electron chi connectivity index (χ1n) is 13.2. The maximum atomic E-state index is 14.0.